The summed E-state index contributed by atoms with van der Waals surface area (Å²) in [5, 5.41) is 8.16. The number of carbonyl (C=O) groups is 3. The summed E-state index contributed by atoms with van der Waals surface area (Å²) in [6, 6.07) is 6.11. The van der Waals surface area contributed by atoms with Gasteiger partial charge >= 0.3 is 6.03 Å². The molecule has 2 rings (SSSR count). The molecule has 26 heavy (non-hydrogen) atoms. The smallest absolute Gasteiger partial charge is 0.319 e. The molecule has 1 heterocycles. The van der Waals surface area contributed by atoms with Crippen LogP contribution >= 0.6 is 0 Å². The predicted molar refractivity (Wildman–Crippen MR) is 102 cm³/mol. The molecule has 1 aromatic carbocycles. The van der Waals surface area contributed by atoms with Gasteiger partial charge in [-0.1, -0.05) is 13.0 Å². The third kappa shape index (κ3) is 5.34. The van der Waals surface area contributed by atoms with Crippen molar-refractivity contribution in [2.24, 2.45) is 0 Å². The van der Waals surface area contributed by atoms with Crippen molar-refractivity contribution in [2.45, 2.75) is 38.6 Å². The molecule has 140 valence electrons. The summed E-state index contributed by atoms with van der Waals surface area (Å²) in [5.74, 6) is -0.161. The van der Waals surface area contributed by atoms with Crippen molar-refractivity contribution in [3.05, 3.63) is 36.9 Å². The molecule has 0 spiro atoms. The lowest BCUT2D eigenvalue weighted by molar-refractivity contribution is -0.140. The minimum atomic E-state index is -0.418. The average Bonchev–Trinajstić information content (AvgIpc) is 2.67. The first kappa shape index (κ1) is 19.5. The van der Waals surface area contributed by atoms with E-state index in [9.17, 15) is 14.4 Å². The Bertz CT molecular complexity index is 657. The van der Waals surface area contributed by atoms with Gasteiger partial charge in [0.25, 0.3) is 0 Å². The summed E-state index contributed by atoms with van der Waals surface area (Å²) < 4.78 is 0. The number of rotatable bonds is 6. The zero-order valence-electron chi connectivity index (χ0n) is 15.1. The lowest BCUT2D eigenvalue weighted by Gasteiger charge is -2.34. The maximum Gasteiger partial charge on any atom is 0.319 e. The van der Waals surface area contributed by atoms with Crippen molar-refractivity contribution in [1.29, 1.82) is 0 Å². The van der Waals surface area contributed by atoms with E-state index in [-0.39, 0.29) is 17.8 Å². The summed E-state index contributed by atoms with van der Waals surface area (Å²) in [6.07, 6.45) is 4.55. The molecule has 0 saturated carbocycles. The first-order valence-electron chi connectivity index (χ1n) is 8.91. The van der Waals surface area contributed by atoms with Gasteiger partial charge in [0.1, 0.15) is 6.04 Å². The van der Waals surface area contributed by atoms with Crippen molar-refractivity contribution in [3.8, 4) is 0 Å². The van der Waals surface area contributed by atoms with Crippen LogP contribution in [0.5, 0.6) is 0 Å². The molecule has 0 bridgehead atoms. The number of urea groups is 1. The molecule has 7 nitrogen and oxygen atoms in total. The van der Waals surface area contributed by atoms with E-state index in [0.717, 1.165) is 12.8 Å². The van der Waals surface area contributed by atoms with Gasteiger partial charge in [-0.05, 0) is 43.5 Å². The highest BCUT2D eigenvalue weighted by molar-refractivity contribution is 5.97. The average molecular weight is 358 g/mol. The van der Waals surface area contributed by atoms with Crippen LogP contribution in [0, 0.1) is 0 Å². The Morgan fingerprint density at radius 3 is 2.42 bits per heavy atom. The fourth-order valence-corrected chi connectivity index (χ4v) is 2.91. The quantitative estimate of drug-likeness (QED) is 0.683. The third-order valence-electron chi connectivity index (χ3n) is 4.25. The van der Waals surface area contributed by atoms with Crippen LogP contribution in [-0.2, 0) is 9.59 Å². The lowest BCUT2D eigenvalue weighted by Crippen LogP contribution is -2.49. The number of hydrogen-bond donors (Lipinski definition) is 3. The maximum absolute atomic E-state index is 12.6. The van der Waals surface area contributed by atoms with Crippen molar-refractivity contribution < 1.29 is 14.4 Å². The predicted octanol–water partition coefficient (Wildman–Crippen LogP) is 2.72. The monoisotopic (exact) mass is 358 g/mol. The zero-order chi connectivity index (χ0) is 18.9. The molecular formula is C19H26N4O3. The highest BCUT2D eigenvalue weighted by Gasteiger charge is 2.31. The van der Waals surface area contributed by atoms with Crippen molar-refractivity contribution in [3.63, 3.8) is 0 Å². The van der Waals surface area contributed by atoms with Crippen LogP contribution in [0.4, 0.5) is 16.2 Å². The van der Waals surface area contributed by atoms with E-state index < -0.39 is 6.04 Å². The molecule has 4 amide bonds. The highest BCUT2D eigenvalue weighted by atomic mass is 16.2. The summed E-state index contributed by atoms with van der Waals surface area (Å²) in [7, 11) is 0. The number of piperidine rings is 1. The second-order valence-electron chi connectivity index (χ2n) is 6.14. The van der Waals surface area contributed by atoms with Gasteiger partial charge in [0.15, 0.2) is 0 Å². The Hall–Kier alpha value is -2.83. The fourth-order valence-electron chi connectivity index (χ4n) is 2.91. The molecule has 1 saturated heterocycles. The molecule has 1 unspecified atom stereocenters. The Morgan fingerprint density at radius 1 is 1.15 bits per heavy atom. The molecule has 0 aromatic heterocycles. The van der Waals surface area contributed by atoms with E-state index in [1.54, 1.807) is 35.2 Å². The number of anilines is 2. The normalized spacial score (nSPS) is 16.5. The molecule has 0 radical (unpaired) electrons. The standard InChI is InChI=1S/C19H26N4O3/c1-3-12-20-19(26)22-15-10-8-14(9-11-15)21-18(25)16-7-5-6-13-23(16)17(24)4-2/h3,8-11,16H,1,4-7,12-13H2,2H3,(H,21,25)(H2,20,22,26). The number of hydrogen-bond acceptors (Lipinski definition) is 3. The first-order valence-corrected chi connectivity index (χ1v) is 8.91. The van der Waals surface area contributed by atoms with E-state index in [2.05, 4.69) is 22.5 Å². The van der Waals surface area contributed by atoms with Crippen molar-refractivity contribution >= 4 is 29.2 Å². The van der Waals surface area contributed by atoms with Crippen LogP contribution in [0.3, 0.4) is 0 Å². The van der Waals surface area contributed by atoms with E-state index in [1.165, 1.54) is 0 Å². The SMILES string of the molecule is C=CCNC(=O)Nc1ccc(NC(=O)C2CCCCN2C(=O)CC)cc1. The van der Waals surface area contributed by atoms with E-state index >= 15 is 0 Å². The largest absolute Gasteiger partial charge is 0.334 e. The number of amides is 4. The zero-order valence-corrected chi connectivity index (χ0v) is 15.1. The highest BCUT2D eigenvalue weighted by Crippen LogP contribution is 2.20. The van der Waals surface area contributed by atoms with Crippen LogP contribution in [0.25, 0.3) is 0 Å². The molecule has 1 fully saturated rings. The summed E-state index contributed by atoms with van der Waals surface area (Å²) in [4.78, 5) is 37.9. The molecule has 0 aliphatic carbocycles. The minimum absolute atomic E-state index is 0.00920. The van der Waals surface area contributed by atoms with Gasteiger partial charge < -0.3 is 20.9 Å². The Morgan fingerprint density at radius 2 is 1.81 bits per heavy atom. The summed E-state index contributed by atoms with van der Waals surface area (Å²) >= 11 is 0. The fraction of sp³-hybridized carbons (Fsp3) is 0.421. The second-order valence-corrected chi connectivity index (χ2v) is 6.14. The molecule has 1 aliphatic rings. The number of likely N-dealkylation sites (tertiary alicyclic amines) is 1. The summed E-state index contributed by atoms with van der Waals surface area (Å²) in [6.45, 7) is 6.36. The number of carbonyl (C=O) groups excluding carboxylic acids is 3. The second kappa shape index (κ2) is 9.60. The van der Waals surface area contributed by atoms with E-state index in [1.807, 2.05) is 6.92 Å². The van der Waals surface area contributed by atoms with Gasteiger partial charge in [-0.25, -0.2) is 4.79 Å². The van der Waals surface area contributed by atoms with Gasteiger partial charge in [0.2, 0.25) is 11.8 Å². The molecule has 1 aliphatic heterocycles. The molecular weight excluding hydrogens is 332 g/mol. The number of benzene rings is 1. The molecule has 1 aromatic rings. The Balaban J connectivity index is 1.94. The van der Waals surface area contributed by atoms with E-state index in [0.29, 0.717) is 37.3 Å². The molecule has 3 N–H and O–H groups in total. The minimum Gasteiger partial charge on any atom is -0.334 e. The molecule has 1 atom stereocenters. The van der Waals surface area contributed by atoms with Gasteiger partial charge in [-0.2, -0.15) is 0 Å². The Labute approximate surface area is 153 Å². The lowest BCUT2D eigenvalue weighted by atomic mass is 10.0. The van der Waals surface area contributed by atoms with Crippen LogP contribution in [0.2, 0.25) is 0 Å². The van der Waals surface area contributed by atoms with Gasteiger partial charge in [0, 0.05) is 30.9 Å². The topological polar surface area (TPSA) is 90.5 Å². The van der Waals surface area contributed by atoms with Crippen LogP contribution in [-0.4, -0.2) is 41.9 Å². The first-order chi connectivity index (χ1) is 12.5. The maximum atomic E-state index is 12.6. The molecule has 7 heteroatoms. The van der Waals surface area contributed by atoms with Gasteiger partial charge in [-0.3, -0.25) is 9.59 Å². The van der Waals surface area contributed by atoms with Crippen molar-refractivity contribution in [1.82, 2.24) is 10.2 Å². The number of nitrogens with zero attached hydrogens (tertiary/aromatic N) is 1. The van der Waals surface area contributed by atoms with Gasteiger partial charge in [-0.15, -0.1) is 6.58 Å². The van der Waals surface area contributed by atoms with Crippen LogP contribution < -0.4 is 16.0 Å². The van der Waals surface area contributed by atoms with Crippen molar-refractivity contribution in [2.75, 3.05) is 23.7 Å². The summed E-state index contributed by atoms with van der Waals surface area (Å²) in [5.41, 5.74) is 1.24. The Kier molecular flexibility index (Phi) is 7.20. The van der Waals surface area contributed by atoms with E-state index in [4.69, 9.17) is 0 Å². The number of nitrogens with one attached hydrogen (secondary N) is 3. The van der Waals surface area contributed by atoms with Gasteiger partial charge in [0.05, 0.1) is 0 Å². The van der Waals surface area contributed by atoms with Crippen LogP contribution in [0.15, 0.2) is 36.9 Å². The third-order valence-corrected chi connectivity index (χ3v) is 4.25. The van der Waals surface area contributed by atoms with Crippen LogP contribution in [0.1, 0.15) is 32.6 Å².